The fourth-order valence-corrected chi connectivity index (χ4v) is 3.90. The molecule has 0 aliphatic carbocycles. The summed E-state index contributed by atoms with van der Waals surface area (Å²) in [5.74, 6) is 0. The van der Waals surface area contributed by atoms with Gasteiger partial charge in [0, 0.05) is 30.2 Å². The van der Waals surface area contributed by atoms with Gasteiger partial charge in [-0.2, -0.15) is 10.2 Å². The zero-order valence-corrected chi connectivity index (χ0v) is 21.5. The summed E-state index contributed by atoms with van der Waals surface area (Å²) >= 11 is 0. The number of nitro groups is 2. The lowest BCUT2D eigenvalue weighted by atomic mass is 10.2. The molecule has 0 aliphatic rings. The van der Waals surface area contributed by atoms with Crippen LogP contribution in [-0.4, -0.2) is 29.4 Å². The lowest BCUT2D eigenvalue weighted by molar-refractivity contribution is -0.385. The first-order valence-corrected chi connectivity index (χ1v) is 11.6. The number of anilines is 1. The lowest BCUT2D eigenvalue weighted by Gasteiger charge is -2.17. The van der Waals surface area contributed by atoms with Crippen LogP contribution in [0.15, 0.2) is 36.7 Å². The highest BCUT2D eigenvalue weighted by atomic mass is 16.6. The monoisotopic (exact) mass is 493 g/mol. The van der Waals surface area contributed by atoms with Crippen LogP contribution in [0.2, 0.25) is 0 Å². The first-order chi connectivity index (χ1) is 16.9. The molecule has 0 saturated heterocycles. The maximum absolute atomic E-state index is 11.8. The Kier molecular flexibility index (Phi) is 7.71. The largest absolute Gasteiger partial charge is 0.324 e. The number of hydrogen-bond donors (Lipinski definition) is 0. The summed E-state index contributed by atoms with van der Waals surface area (Å²) in [6, 6.07) is 7.52. The normalized spacial score (nSPS) is 11.9. The maximum atomic E-state index is 11.8. The number of aryl methyl sites for hydroxylation is 3. The van der Waals surface area contributed by atoms with Crippen molar-refractivity contribution in [3.05, 3.63) is 85.2 Å². The van der Waals surface area contributed by atoms with Crippen LogP contribution >= 0.6 is 0 Å². The van der Waals surface area contributed by atoms with E-state index < -0.39 is 9.85 Å². The minimum Gasteiger partial charge on any atom is -0.324 e. The van der Waals surface area contributed by atoms with E-state index in [2.05, 4.69) is 10.2 Å². The number of aromatic nitrogens is 4. The second-order valence-corrected chi connectivity index (χ2v) is 9.10. The number of nitrogens with zero attached hydrogens (tertiary/aromatic N) is 7. The molecule has 36 heavy (non-hydrogen) atoms. The van der Waals surface area contributed by atoms with E-state index in [1.165, 1.54) is 0 Å². The predicted molar refractivity (Wildman–Crippen MR) is 140 cm³/mol. The lowest BCUT2D eigenvalue weighted by Crippen LogP contribution is -2.10. The summed E-state index contributed by atoms with van der Waals surface area (Å²) in [5.41, 5.74) is 3.13. The Bertz CT molecular complexity index is 1250. The van der Waals surface area contributed by atoms with E-state index in [0.29, 0.717) is 22.8 Å². The highest BCUT2D eigenvalue weighted by Crippen LogP contribution is 2.29. The zero-order valence-electron chi connectivity index (χ0n) is 21.5. The van der Waals surface area contributed by atoms with Crippen molar-refractivity contribution in [2.24, 2.45) is 0 Å². The van der Waals surface area contributed by atoms with Gasteiger partial charge in [0.1, 0.15) is 22.8 Å². The molecule has 0 spiro atoms. The van der Waals surface area contributed by atoms with Crippen molar-refractivity contribution in [2.45, 2.75) is 60.5 Å². The van der Waals surface area contributed by atoms with Gasteiger partial charge in [0.05, 0.1) is 9.85 Å². The van der Waals surface area contributed by atoms with Crippen molar-refractivity contribution in [1.82, 2.24) is 19.6 Å². The van der Waals surface area contributed by atoms with Gasteiger partial charge in [0.15, 0.2) is 0 Å². The van der Waals surface area contributed by atoms with Crippen molar-refractivity contribution in [3.8, 4) is 0 Å². The minimum absolute atomic E-state index is 0.0584. The third-order valence-corrected chi connectivity index (χ3v) is 5.64. The van der Waals surface area contributed by atoms with Crippen molar-refractivity contribution < 1.29 is 9.85 Å². The Morgan fingerprint density at radius 2 is 1.17 bits per heavy atom. The zero-order chi connectivity index (χ0) is 26.7. The quantitative estimate of drug-likeness (QED) is 0.259. The molecule has 11 heteroatoms. The molecule has 0 fully saturated rings. The van der Waals surface area contributed by atoms with Crippen LogP contribution in [0, 0.1) is 41.0 Å². The standard InChI is InChI=1S/C25H31N7O4/c1-16(2)29-22(24(31(33)34)19(6)26-29)12-14-28(21-10-8-18(5)9-11-21)15-13-23-25(32(35)36)20(7)27-30(23)17(3)4/h8-17H,1-7H3/b14-12+,15-13+. The van der Waals surface area contributed by atoms with E-state index >= 15 is 0 Å². The predicted octanol–water partition coefficient (Wildman–Crippen LogP) is 6.13. The van der Waals surface area contributed by atoms with Gasteiger partial charge in [-0.05, 0) is 72.8 Å². The van der Waals surface area contributed by atoms with Crippen LogP contribution in [0.4, 0.5) is 17.1 Å². The highest BCUT2D eigenvalue weighted by molar-refractivity contribution is 5.68. The first-order valence-electron chi connectivity index (χ1n) is 11.6. The molecule has 0 saturated carbocycles. The van der Waals surface area contributed by atoms with Gasteiger partial charge in [0.2, 0.25) is 0 Å². The molecular weight excluding hydrogens is 462 g/mol. The minimum atomic E-state index is -0.430. The Morgan fingerprint density at radius 3 is 1.50 bits per heavy atom. The van der Waals surface area contributed by atoms with E-state index in [0.717, 1.165) is 11.3 Å². The molecule has 0 bridgehead atoms. The SMILES string of the molecule is Cc1ccc(N(/C=C/c2c([N+](=O)[O-])c(C)nn2C(C)C)/C=C/c2c([N+](=O)[O-])c(C)nn2C(C)C)cc1. The fraction of sp³-hybridized carbons (Fsp3) is 0.360. The molecule has 0 N–H and O–H groups in total. The number of rotatable bonds is 9. The summed E-state index contributed by atoms with van der Waals surface area (Å²) in [6.07, 6.45) is 6.67. The molecule has 190 valence electrons. The van der Waals surface area contributed by atoms with Gasteiger partial charge in [-0.25, -0.2) is 0 Å². The molecule has 3 rings (SSSR count). The van der Waals surface area contributed by atoms with Crippen molar-refractivity contribution >= 4 is 29.2 Å². The van der Waals surface area contributed by atoms with E-state index in [1.54, 1.807) is 52.7 Å². The van der Waals surface area contributed by atoms with Gasteiger partial charge < -0.3 is 4.90 Å². The van der Waals surface area contributed by atoms with Crippen LogP contribution in [0.25, 0.3) is 12.2 Å². The molecule has 0 unspecified atom stereocenters. The van der Waals surface area contributed by atoms with Gasteiger partial charge in [-0.3, -0.25) is 29.6 Å². The van der Waals surface area contributed by atoms with Crippen molar-refractivity contribution in [3.63, 3.8) is 0 Å². The van der Waals surface area contributed by atoms with E-state index in [9.17, 15) is 20.2 Å². The molecular formula is C25H31N7O4. The molecule has 0 atom stereocenters. The van der Waals surface area contributed by atoms with Crippen LogP contribution in [0.3, 0.4) is 0 Å². The fourth-order valence-electron chi connectivity index (χ4n) is 3.90. The Morgan fingerprint density at radius 1 is 0.778 bits per heavy atom. The Labute approximate surface area is 209 Å². The van der Waals surface area contributed by atoms with Crippen LogP contribution in [0.1, 0.15) is 68.1 Å². The summed E-state index contributed by atoms with van der Waals surface area (Å²) in [7, 11) is 0. The van der Waals surface area contributed by atoms with Crippen LogP contribution in [-0.2, 0) is 0 Å². The molecule has 2 heterocycles. The highest BCUT2D eigenvalue weighted by Gasteiger charge is 2.26. The van der Waals surface area contributed by atoms with Gasteiger partial charge in [-0.1, -0.05) is 17.7 Å². The maximum Gasteiger partial charge on any atom is 0.317 e. The van der Waals surface area contributed by atoms with Crippen LogP contribution in [0.5, 0.6) is 0 Å². The first kappa shape index (κ1) is 26.3. The summed E-state index contributed by atoms with van der Waals surface area (Å²) < 4.78 is 3.23. The second-order valence-electron chi connectivity index (χ2n) is 9.10. The average molecular weight is 494 g/mol. The van der Waals surface area contributed by atoms with Crippen LogP contribution < -0.4 is 4.90 Å². The smallest absolute Gasteiger partial charge is 0.317 e. The third kappa shape index (κ3) is 5.35. The van der Waals surface area contributed by atoms with Crippen molar-refractivity contribution in [1.29, 1.82) is 0 Å². The Hall–Kier alpha value is -4.28. The third-order valence-electron chi connectivity index (χ3n) is 5.64. The Balaban J connectivity index is 2.15. The molecule has 1 aromatic carbocycles. The molecule has 11 nitrogen and oxygen atoms in total. The van der Waals surface area contributed by atoms with Gasteiger partial charge in [0.25, 0.3) is 0 Å². The number of hydrogen-bond acceptors (Lipinski definition) is 7. The van der Waals surface area contributed by atoms with Gasteiger partial charge >= 0.3 is 11.4 Å². The summed E-state index contributed by atoms with van der Waals surface area (Å²) in [4.78, 5) is 24.4. The molecule has 2 aromatic heterocycles. The summed E-state index contributed by atoms with van der Waals surface area (Å²) in [6.45, 7) is 12.8. The molecule has 0 amide bonds. The van der Waals surface area contributed by atoms with E-state index in [-0.39, 0.29) is 23.5 Å². The topological polar surface area (TPSA) is 125 Å². The molecule has 3 aromatic rings. The second kappa shape index (κ2) is 10.5. The van der Waals surface area contributed by atoms with E-state index in [4.69, 9.17) is 0 Å². The van der Waals surface area contributed by atoms with E-state index in [1.807, 2.05) is 58.9 Å². The van der Waals surface area contributed by atoms with Crippen molar-refractivity contribution in [2.75, 3.05) is 4.90 Å². The molecule has 0 radical (unpaired) electrons. The summed E-state index contributed by atoms with van der Waals surface area (Å²) in [5, 5.41) is 32.2. The van der Waals surface area contributed by atoms with Gasteiger partial charge in [-0.15, -0.1) is 0 Å². The number of benzene rings is 1. The average Bonchev–Trinajstić information content (AvgIpc) is 3.31. The molecule has 0 aliphatic heterocycles.